The number of amides is 1. The molecule has 1 heterocycles. The van der Waals surface area contributed by atoms with Crippen LogP contribution in [0.3, 0.4) is 0 Å². The van der Waals surface area contributed by atoms with Gasteiger partial charge in [0.15, 0.2) is 0 Å². The normalized spacial score (nSPS) is 16.3. The van der Waals surface area contributed by atoms with E-state index in [1.54, 1.807) is 24.3 Å². The molecule has 1 aliphatic heterocycles. The van der Waals surface area contributed by atoms with Gasteiger partial charge in [-0.2, -0.15) is 4.31 Å². The first-order valence-corrected chi connectivity index (χ1v) is 10.0. The van der Waals surface area contributed by atoms with Crippen molar-refractivity contribution in [2.24, 2.45) is 0 Å². The Bertz CT molecular complexity index is 633. The lowest BCUT2D eigenvalue weighted by molar-refractivity contribution is 0.0729. The van der Waals surface area contributed by atoms with E-state index in [9.17, 15) is 13.2 Å². The summed E-state index contributed by atoms with van der Waals surface area (Å²) in [5.41, 5.74) is 1.23. The maximum atomic E-state index is 12.4. The number of nitrogens with zero attached hydrogens (tertiary/aromatic N) is 1. The highest BCUT2D eigenvalue weighted by molar-refractivity contribution is 7.88. The Kier molecular flexibility index (Phi) is 6.77. The summed E-state index contributed by atoms with van der Waals surface area (Å²) in [7, 11) is -3.34. The minimum Gasteiger partial charge on any atom is -0.379 e. The van der Waals surface area contributed by atoms with E-state index in [1.807, 2.05) is 13.8 Å². The number of nitrogens with one attached hydrogen (secondary N) is 1. The van der Waals surface area contributed by atoms with Crippen molar-refractivity contribution in [2.75, 3.05) is 26.3 Å². The van der Waals surface area contributed by atoms with Gasteiger partial charge in [0.05, 0.1) is 19.0 Å². The second kappa shape index (κ2) is 8.60. The van der Waals surface area contributed by atoms with E-state index in [1.165, 1.54) is 4.31 Å². The molecular formula is C17H26N2O4S. The maximum absolute atomic E-state index is 12.4. The largest absolute Gasteiger partial charge is 0.379 e. The third kappa shape index (κ3) is 5.03. The van der Waals surface area contributed by atoms with E-state index in [0.717, 1.165) is 12.8 Å². The summed E-state index contributed by atoms with van der Waals surface area (Å²) < 4.78 is 31.4. The predicted molar refractivity (Wildman–Crippen MR) is 93.3 cm³/mol. The molecule has 0 saturated carbocycles. The summed E-state index contributed by atoms with van der Waals surface area (Å²) in [6, 6.07) is 6.95. The van der Waals surface area contributed by atoms with Crippen molar-refractivity contribution in [3.05, 3.63) is 35.4 Å². The molecule has 1 amide bonds. The summed E-state index contributed by atoms with van der Waals surface area (Å²) in [4.78, 5) is 12.2. The molecule has 0 radical (unpaired) electrons. The van der Waals surface area contributed by atoms with Gasteiger partial charge in [0.1, 0.15) is 0 Å². The minimum atomic E-state index is -3.34. The molecule has 0 atom stereocenters. The molecule has 2 rings (SSSR count). The molecule has 134 valence electrons. The molecule has 1 fully saturated rings. The zero-order valence-corrected chi connectivity index (χ0v) is 15.1. The molecule has 0 aliphatic carbocycles. The van der Waals surface area contributed by atoms with E-state index < -0.39 is 10.0 Å². The Morgan fingerprint density at radius 3 is 2.29 bits per heavy atom. The molecule has 24 heavy (non-hydrogen) atoms. The highest BCUT2D eigenvalue weighted by Gasteiger charge is 2.24. The van der Waals surface area contributed by atoms with E-state index in [-0.39, 0.29) is 17.7 Å². The molecule has 1 aromatic rings. The van der Waals surface area contributed by atoms with Crippen molar-refractivity contribution >= 4 is 15.9 Å². The van der Waals surface area contributed by atoms with E-state index in [4.69, 9.17) is 4.74 Å². The fourth-order valence-corrected chi connectivity index (χ4v) is 4.14. The topological polar surface area (TPSA) is 75.7 Å². The number of sulfonamides is 1. The Labute approximate surface area is 144 Å². The zero-order chi connectivity index (χ0) is 17.6. The summed E-state index contributed by atoms with van der Waals surface area (Å²) >= 11 is 0. The monoisotopic (exact) mass is 354 g/mol. The van der Waals surface area contributed by atoms with E-state index >= 15 is 0 Å². The number of hydrogen-bond donors (Lipinski definition) is 1. The summed E-state index contributed by atoms with van der Waals surface area (Å²) in [6.45, 7) is 5.75. The van der Waals surface area contributed by atoms with Crippen LogP contribution >= 0.6 is 0 Å². The number of ether oxygens (including phenoxy) is 1. The standard InChI is InChI=1S/C17H26N2O4S/c1-3-16(4-2)18-17(20)15-7-5-14(6-8-15)13-24(21,22)19-9-11-23-12-10-19/h5-8,16H,3-4,9-13H2,1-2H3,(H,18,20). The third-order valence-electron chi connectivity index (χ3n) is 4.25. The highest BCUT2D eigenvalue weighted by atomic mass is 32.2. The molecule has 1 N–H and O–H groups in total. The Morgan fingerprint density at radius 1 is 1.17 bits per heavy atom. The van der Waals surface area contributed by atoms with Gasteiger partial charge in [0.2, 0.25) is 10.0 Å². The number of morpholine rings is 1. The number of hydrogen-bond acceptors (Lipinski definition) is 4. The van der Waals surface area contributed by atoms with Gasteiger partial charge < -0.3 is 10.1 Å². The van der Waals surface area contributed by atoms with Crippen molar-refractivity contribution < 1.29 is 17.9 Å². The van der Waals surface area contributed by atoms with Crippen LogP contribution in [0.15, 0.2) is 24.3 Å². The van der Waals surface area contributed by atoms with Crippen LogP contribution in [-0.4, -0.2) is 51.0 Å². The lowest BCUT2D eigenvalue weighted by Gasteiger charge is -2.26. The number of rotatable bonds is 7. The summed E-state index contributed by atoms with van der Waals surface area (Å²) in [6.07, 6.45) is 1.77. The quantitative estimate of drug-likeness (QED) is 0.810. The molecule has 1 aliphatic rings. The van der Waals surface area contributed by atoms with E-state index in [2.05, 4.69) is 5.32 Å². The Balaban J connectivity index is 2.00. The Morgan fingerprint density at radius 2 is 1.75 bits per heavy atom. The van der Waals surface area contributed by atoms with Crippen molar-refractivity contribution in [3.8, 4) is 0 Å². The SMILES string of the molecule is CCC(CC)NC(=O)c1ccc(CS(=O)(=O)N2CCOCC2)cc1. The average molecular weight is 354 g/mol. The van der Waals surface area contributed by atoms with Gasteiger partial charge in [-0.25, -0.2) is 8.42 Å². The van der Waals surface area contributed by atoms with Crippen LogP contribution in [0.2, 0.25) is 0 Å². The van der Waals surface area contributed by atoms with Crippen LogP contribution in [0.25, 0.3) is 0 Å². The lowest BCUT2D eigenvalue weighted by Crippen LogP contribution is -2.41. The first-order valence-electron chi connectivity index (χ1n) is 8.41. The second-order valence-electron chi connectivity index (χ2n) is 5.95. The zero-order valence-electron chi connectivity index (χ0n) is 14.3. The van der Waals surface area contributed by atoms with E-state index in [0.29, 0.717) is 37.4 Å². The third-order valence-corrected chi connectivity index (χ3v) is 6.10. The average Bonchev–Trinajstić information content (AvgIpc) is 2.60. The fourth-order valence-electron chi connectivity index (χ4n) is 2.64. The fraction of sp³-hybridized carbons (Fsp3) is 0.588. The van der Waals surface area contributed by atoms with Crippen LogP contribution in [0, 0.1) is 0 Å². The molecule has 1 aromatic carbocycles. The van der Waals surface area contributed by atoms with Crippen LogP contribution in [-0.2, 0) is 20.5 Å². The van der Waals surface area contributed by atoms with Crippen LogP contribution in [0.5, 0.6) is 0 Å². The van der Waals surface area contributed by atoms with Gasteiger partial charge in [0.25, 0.3) is 5.91 Å². The number of carbonyl (C=O) groups excluding carboxylic acids is 1. The predicted octanol–water partition coefficient (Wildman–Crippen LogP) is 1.77. The van der Waals surface area contributed by atoms with Gasteiger partial charge in [-0.15, -0.1) is 0 Å². The minimum absolute atomic E-state index is 0.0541. The van der Waals surface area contributed by atoms with Crippen molar-refractivity contribution in [3.63, 3.8) is 0 Å². The van der Waals surface area contributed by atoms with Gasteiger partial charge in [-0.1, -0.05) is 26.0 Å². The number of benzene rings is 1. The van der Waals surface area contributed by atoms with Gasteiger partial charge in [-0.05, 0) is 30.5 Å². The number of carbonyl (C=O) groups is 1. The molecule has 0 unspecified atom stereocenters. The molecule has 0 spiro atoms. The first kappa shape index (κ1) is 18.9. The van der Waals surface area contributed by atoms with Gasteiger partial charge >= 0.3 is 0 Å². The molecule has 1 saturated heterocycles. The molecule has 0 aromatic heterocycles. The van der Waals surface area contributed by atoms with Gasteiger partial charge in [-0.3, -0.25) is 4.79 Å². The van der Waals surface area contributed by atoms with Crippen LogP contribution in [0.4, 0.5) is 0 Å². The summed E-state index contributed by atoms with van der Waals surface area (Å²) in [5, 5.41) is 2.97. The van der Waals surface area contributed by atoms with Crippen molar-refractivity contribution in [1.29, 1.82) is 0 Å². The van der Waals surface area contributed by atoms with Gasteiger partial charge in [0, 0.05) is 24.7 Å². The van der Waals surface area contributed by atoms with Crippen molar-refractivity contribution in [1.82, 2.24) is 9.62 Å². The highest BCUT2D eigenvalue weighted by Crippen LogP contribution is 2.14. The van der Waals surface area contributed by atoms with Crippen molar-refractivity contribution in [2.45, 2.75) is 38.5 Å². The molecule has 6 nitrogen and oxygen atoms in total. The maximum Gasteiger partial charge on any atom is 0.251 e. The molecule has 0 bridgehead atoms. The van der Waals surface area contributed by atoms with Crippen LogP contribution in [0.1, 0.15) is 42.6 Å². The second-order valence-corrected chi connectivity index (χ2v) is 7.92. The van der Waals surface area contributed by atoms with Crippen LogP contribution < -0.4 is 5.32 Å². The Hall–Kier alpha value is -1.44. The molecule has 7 heteroatoms. The smallest absolute Gasteiger partial charge is 0.251 e. The summed E-state index contributed by atoms with van der Waals surface area (Å²) in [5.74, 6) is -0.173. The molecular weight excluding hydrogens is 328 g/mol. The lowest BCUT2D eigenvalue weighted by atomic mass is 10.1. The first-order chi connectivity index (χ1) is 11.5.